The van der Waals surface area contributed by atoms with E-state index in [-0.39, 0.29) is 31.1 Å². The predicted octanol–water partition coefficient (Wildman–Crippen LogP) is 13.4. The number of unbranched alkanes of at least 4 members (excludes halogenated alkanes) is 22. The van der Waals surface area contributed by atoms with E-state index in [9.17, 15) is 14.4 Å². The molecule has 0 aromatic heterocycles. The number of ether oxygens (including phenoxy) is 3. The number of esters is 3. The van der Waals surface area contributed by atoms with Crippen LogP contribution in [0.4, 0.5) is 0 Å². The van der Waals surface area contributed by atoms with Gasteiger partial charge in [0.05, 0.1) is 0 Å². The number of allylic oxidation sites excluding steroid dienone is 6. The van der Waals surface area contributed by atoms with E-state index in [0.717, 1.165) is 83.5 Å². The Bertz CT molecular complexity index is 876. The van der Waals surface area contributed by atoms with E-state index in [4.69, 9.17) is 14.2 Å². The zero-order valence-corrected chi connectivity index (χ0v) is 33.6. The SMILES string of the molecule is CCCC/C=C\C=C/CCCCCC(=O)OC(COC(=O)CCCCC/C=C\CCCCCCCC)COC(=O)CCCCCCCCCCC. The summed E-state index contributed by atoms with van der Waals surface area (Å²) < 4.78 is 16.6. The van der Waals surface area contributed by atoms with E-state index in [1.54, 1.807) is 0 Å². The van der Waals surface area contributed by atoms with Crippen molar-refractivity contribution < 1.29 is 28.6 Å². The van der Waals surface area contributed by atoms with Crippen molar-refractivity contribution >= 4 is 17.9 Å². The van der Waals surface area contributed by atoms with E-state index >= 15 is 0 Å². The number of hydrogen-bond donors (Lipinski definition) is 0. The molecule has 0 radical (unpaired) electrons. The third kappa shape index (κ3) is 38.7. The van der Waals surface area contributed by atoms with Gasteiger partial charge in [-0.1, -0.05) is 166 Å². The Balaban J connectivity index is 4.42. The number of rotatable bonds is 38. The Morgan fingerprint density at radius 2 is 0.725 bits per heavy atom. The molecule has 0 aromatic carbocycles. The molecule has 0 amide bonds. The van der Waals surface area contributed by atoms with Crippen molar-refractivity contribution in [1.82, 2.24) is 0 Å². The maximum absolute atomic E-state index is 12.6. The quantitative estimate of drug-likeness (QED) is 0.0208. The molecule has 296 valence electrons. The molecule has 6 nitrogen and oxygen atoms in total. The Labute approximate surface area is 315 Å². The zero-order chi connectivity index (χ0) is 37.3. The summed E-state index contributed by atoms with van der Waals surface area (Å²) in [5, 5.41) is 0. The highest BCUT2D eigenvalue weighted by atomic mass is 16.6. The first-order valence-corrected chi connectivity index (χ1v) is 21.5. The lowest BCUT2D eigenvalue weighted by atomic mass is 10.1. The van der Waals surface area contributed by atoms with Gasteiger partial charge < -0.3 is 14.2 Å². The van der Waals surface area contributed by atoms with Gasteiger partial charge in [-0.3, -0.25) is 14.4 Å². The Kier molecular flexibility index (Phi) is 38.5. The highest BCUT2D eigenvalue weighted by molar-refractivity contribution is 5.71. The van der Waals surface area contributed by atoms with Crippen LogP contribution in [0.5, 0.6) is 0 Å². The molecule has 0 heterocycles. The summed E-state index contributed by atoms with van der Waals surface area (Å²) >= 11 is 0. The van der Waals surface area contributed by atoms with Crippen LogP contribution in [0.15, 0.2) is 36.5 Å². The summed E-state index contributed by atoms with van der Waals surface area (Å²) in [6, 6.07) is 0. The predicted molar refractivity (Wildman–Crippen MR) is 215 cm³/mol. The number of hydrogen-bond acceptors (Lipinski definition) is 6. The second-order valence-corrected chi connectivity index (χ2v) is 14.3. The lowest BCUT2D eigenvalue weighted by Crippen LogP contribution is -2.30. The summed E-state index contributed by atoms with van der Waals surface area (Å²) in [6.07, 6.45) is 44.1. The Morgan fingerprint density at radius 1 is 0.392 bits per heavy atom. The van der Waals surface area contributed by atoms with Crippen LogP contribution >= 0.6 is 0 Å². The van der Waals surface area contributed by atoms with Gasteiger partial charge in [0.1, 0.15) is 13.2 Å². The van der Waals surface area contributed by atoms with Gasteiger partial charge in [-0.2, -0.15) is 0 Å². The van der Waals surface area contributed by atoms with Crippen LogP contribution in [0.1, 0.15) is 213 Å². The maximum Gasteiger partial charge on any atom is 0.306 e. The third-order valence-corrected chi connectivity index (χ3v) is 9.15. The van der Waals surface area contributed by atoms with E-state index in [0.29, 0.717) is 19.3 Å². The molecule has 1 unspecified atom stereocenters. The fraction of sp³-hybridized carbons (Fsp3) is 0.800. The van der Waals surface area contributed by atoms with Crippen molar-refractivity contribution in [2.45, 2.75) is 219 Å². The van der Waals surface area contributed by atoms with Crippen molar-refractivity contribution in [3.63, 3.8) is 0 Å². The average molecular weight is 717 g/mol. The van der Waals surface area contributed by atoms with Crippen molar-refractivity contribution in [2.75, 3.05) is 13.2 Å². The van der Waals surface area contributed by atoms with Crippen molar-refractivity contribution in [3.8, 4) is 0 Å². The highest BCUT2D eigenvalue weighted by Crippen LogP contribution is 2.13. The fourth-order valence-corrected chi connectivity index (χ4v) is 5.82. The molecule has 0 bridgehead atoms. The normalized spacial score (nSPS) is 12.3. The van der Waals surface area contributed by atoms with E-state index in [1.807, 2.05) is 0 Å². The average Bonchev–Trinajstić information content (AvgIpc) is 3.12. The standard InChI is InChI=1S/C45H80O6/c1-4-7-10-13-16-19-21-22-24-26-29-32-35-38-44(47)50-41-42(40-49-43(46)37-34-31-28-25-18-15-12-9-6-3)51-45(48)39-36-33-30-27-23-20-17-14-11-8-5-2/h14,17,20,22-24,42H,4-13,15-16,18-19,21,25-41H2,1-3H3/b17-14-,23-20-,24-22-. The molecule has 0 fully saturated rings. The minimum atomic E-state index is -0.785. The molecule has 0 aliphatic carbocycles. The second-order valence-electron chi connectivity index (χ2n) is 14.3. The van der Waals surface area contributed by atoms with Gasteiger partial charge in [-0.25, -0.2) is 0 Å². The minimum absolute atomic E-state index is 0.0864. The van der Waals surface area contributed by atoms with E-state index in [2.05, 4.69) is 57.2 Å². The fourth-order valence-electron chi connectivity index (χ4n) is 5.82. The van der Waals surface area contributed by atoms with Crippen LogP contribution in [0, 0.1) is 0 Å². The molecule has 0 saturated heterocycles. The largest absolute Gasteiger partial charge is 0.462 e. The lowest BCUT2D eigenvalue weighted by Gasteiger charge is -2.18. The van der Waals surface area contributed by atoms with Gasteiger partial charge in [0.2, 0.25) is 0 Å². The van der Waals surface area contributed by atoms with E-state index < -0.39 is 6.10 Å². The van der Waals surface area contributed by atoms with Gasteiger partial charge in [-0.15, -0.1) is 0 Å². The van der Waals surface area contributed by atoms with Crippen LogP contribution in [0.2, 0.25) is 0 Å². The summed E-state index contributed by atoms with van der Waals surface area (Å²) in [5.74, 6) is -0.937. The summed E-state index contributed by atoms with van der Waals surface area (Å²) in [6.45, 7) is 6.50. The first-order chi connectivity index (χ1) is 25.0. The van der Waals surface area contributed by atoms with E-state index in [1.165, 1.54) is 89.9 Å². The molecular formula is C45H80O6. The monoisotopic (exact) mass is 717 g/mol. The molecule has 0 aliphatic rings. The molecule has 51 heavy (non-hydrogen) atoms. The summed E-state index contributed by atoms with van der Waals surface area (Å²) in [7, 11) is 0. The summed E-state index contributed by atoms with van der Waals surface area (Å²) in [4.78, 5) is 37.5. The van der Waals surface area contributed by atoms with Gasteiger partial charge in [-0.05, 0) is 64.2 Å². The molecule has 6 heteroatoms. The molecule has 0 aromatic rings. The van der Waals surface area contributed by atoms with Crippen LogP contribution in [0.25, 0.3) is 0 Å². The molecule has 0 aliphatic heterocycles. The van der Waals surface area contributed by atoms with Crippen molar-refractivity contribution in [2.24, 2.45) is 0 Å². The Hall–Kier alpha value is -2.37. The lowest BCUT2D eigenvalue weighted by molar-refractivity contribution is -0.167. The third-order valence-electron chi connectivity index (χ3n) is 9.15. The molecule has 1 atom stereocenters. The Morgan fingerprint density at radius 3 is 1.18 bits per heavy atom. The maximum atomic E-state index is 12.6. The number of carbonyl (C=O) groups is 3. The van der Waals surface area contributed by atoms with Crippen molar-refractivity contribution in [1.29, 1.82) is 0 Å². The van der Waals surface area contributed by atoms with Gasteiger partial charge >= 0.3 is 17.9 Å². The second kappa shape index (κ2) is 40.4. The zero-order valence-electron chi connectivity index (χ0n) is 33.6. The van der Waals surface area contributed by atoms with Crippen LogP contribution < -0.4 is 0 Å². The topological polar surface area (TPSA) is 78.9 Å². The van der Waals surface area contributed by atoms with Gasteiger partial charge in [0.15, 0.2) is 6.10 Å². The number of carbonyl (C=O) groups excluding carboxylic acids is 3. The first kappa shape index (κ1) is 48.6. The molecule has 0 N–H and O–H groups in total. The van der Waals surface area contributed by atoms with Gasteiger partial charge in [0.25, 0.3) is 0 Å². The highest BCUT2D eigenvalue weighted by Gasteiger charge is 2.19. The molecule has 0 saturated carbocycles. The smallest absolute Gasteiger partial charge is 0.306 e. The van der Waals surface area contributed by atoms with Crippen LogP contribution in [0.3, 0.4) is 0 Å². The minimum Gasteiger partial charge on any atom is -0.462 e. The molecular weight excluding hydrogens is 636 g/mol. The molecule has 0 rings (SSSR count). The summed E-state index contributed by atoms with van der Waals surface area (Å²) in [5.41, 5.74) is 0. The van der Waals surface area contributed by atoms with Gasteiger partial charge in [0, 0.05) is 19.3 Å². The molecule has 0 spiro atoms. The van der Waals surface area contributed by atoms with Crippen molar-refractivity contribution in [3.05, 3.63) is 36.5 Å². The van der Waals surface area contributed by atoms with Crippen LogP contribution in [-0.2, 0) is 28.6 Å². The first-order valence-electron chi connectivity index (χ1n) is 21.5. The van der Waals surface area contributed by atoms with Crippen LogP contribution in [-0.4, -0.2) is 37.2 Å².